The van der Waals surface area contributed by atoms with Crippen molar-refractivity contribution in [1.82, 2.24) is 0 Å². The number of nitrogens with zero attached hydrogens (tertiary/aromatic N) is 1. The number of para-hydroxylation sites is 1. The second-order valence-corrected chi connectivity index (χ2v) is 6.75. The lowest BCUT2D eigenvalue weighted by molar-refractivity contribution is 0.560. The van der Waals surface area contributed by atoms with E-state index in [1.165, 1.54) is 6.07 Å². The molecule has 0 saturated heterocycles. The molecule has 0 unspecified atom stereocenters. The summed E-state index contributed by atoms with van der Waals surface area (Å²) in [7, 11) is 0. The van der Waals surface area contributed by atoms with Gasteiger partial charge < -0.3 is 8.83 Å². The summed E-state index contributed by atoms with van der Waals surface area (Å²) in [6, 6.07) is 20.5. The monoisotopic (exact) mass is 371 g/mol. The van der Waals surface area contributed by atoms with Gasteiger partial charge in [-0.3, -0.25) is 4.99 Å². The van der Waals surface area contributed by atoms with Gasteiger partial charge in [0.1, 0.15) is 16.7 Å². The van der Waals surface area contributed by atoms with Gasteiger partial charge in [-0.25, -0.2) is 4.79 Å². The third-order valence-corrected chi connectivity index (χ3v) is 4.77. The molecular formula is C22H13NO3S. The summed E-state index contributed by atoms with van der Waals surface area (Å²) in [6.45, 7) is 0. The van der Waals surface area contributed by atoms with Crippen LogP contribution in [0.4, 0.5) is 5.69 Å². The van der Waals surface area contributed by atoms with Crippen LogP contribution in [0.25, 0.3) is 32.9 Å². The van der Waals surface area contributed by atoms with Gasteiger partial charge in [0.2, 0.25) is 0 Å². The van der Waals surface area contributed by atoms with Crippen LogP contribution in [0.1, 0.15) is 5.56 Å². The summed E-state index contributed by atoms with van der Waals surface area (Å²) in [5, 5.41) is 2.80. The molecule has 0 N–H and O–H groups in total. The molecule has 0 bridgehead atoms. The number of hydrogen-bond donors (Lipinski definition) is 1. The molecule has 0 radical (unpaired) electrons. The van der Waals surface area contributed by atoms with Crippen molar-refractivity contribution in [3.05, 3.63) is 82.7 Å². The molecule has 0 fully saturated rings. The van der Waals surface area contributed by atoms with Crippen LogP contribution in [0.3, 0.4) is 0 Å². The molecule has 0 saturated carbocycles. The van der Waals surface area contributed by atoms with Gasteiger partial charge in [0.05, 0.1) is 5.69 Å². The van der Waals surface area contributed by atoms with E-state index in [2.05, 4.69) is 17.6 Å². The van der Waals surface area contributed by atoms with Crippen LogP contribution >= 0.6 is 12.6 Å². The Hall–Kier alpha value is -3.31. The molecule has 5 heteroatoms. The molecule has 0 aliphatic heterocycles. The molecule has 2 aromatic heterocycles. The van der Waals surface area contributed by atoms with Crippen LogP contribution in [0.15, 0.2) is 90.2 Å². The minimum Gasteiger partial charge on any atom is -0.456 e. The minimum absolute atomic E-state index is 0.426. The molecule has 0 atom stereocenters. The van der Waals surface area contributed by atoms with Gasteiger partial charge in [-0.15, -0.1) is 12.6 Å². The third kappa shape index (κ3) is 2.82. The Morgan fingerprint density at radius 1 is 0.778 bits per heavy atom. The Balaban J connectivity index is 1.74. The number of hydrogen-bond acceptors (Lipinski definition) is 5. The zero-order valence-electron chi connectivity index (χ0n) is 14.0. The molecule has 2 heterocycles. The Morgan fingerprint density at radius 2 is 1.56 bits per heavy atom. The molecule has 0 amide bonds. The van der Waals surface area contributed by atoms with E-state index in [-0.39, 0.29) is 0 Å². The van der Waals surface area contributed by atoms with Gasteiger partial charge in [0.15, 0.2) is 0 Å². The number of thiol groups is 1. The lowest BCUT2D eigenvalue weighted by atomic mass is 10.1. The number of benzene rings is 3. The maximum atomic E-state index is 12.0. The second kappa shape index (κ2) is 6.14. The molecule has 27 heavy (non-hydrogen) atoms. The summed E-state index contributed by atoms with van der Waals surface area (Å²) >= 11 is 4.27. The summed E-state index contributed by atoms with van der Waals surface area (Å²) in [6.07, 6.45) is 1.68. The van der Waals surface area contributed by atoms with E-state index in [1.54, 1.807) is 12.3 Å². The van der Waals surface area contributed by atoms with Crippen molar-refractivity contribution in [2.24, 2.45) is 4.99 Å². The van der Waals surface area contributed by atoms with Crippen molar-refractivity contribution in [2.45, 2.75) is 4.90 Å². The first-order chi connectivity index (χ1) is 13.2. The number of fused-ring (bicyclic) bond motifs is 4. The largest absolute Gasteiger partial charge is 0.456 e. The standard InChI is InChI=1S/C22H13NO3S/c24-22-9-13(12-23-14-5-7-15(27)8-6-14)17-10-18-16-3-1-2-4-19(16)25-21(18)11-20(17)26-22/h1-12,27H. The number of furan rings is 1. The van der Waals surface area contributed by atoms with Gasteiger partial charge in [-0.2, -0.15) is 0 Å². The molecule has 130 valence electrons. The lowest BCUT2D eigenvalue weighted by Crippen LogP contribution is -2.00. The zero-order chi connectivity index (χ0) is 18.4. The van der Waals surface area contributed by atoms with Gasteiger partial charge in [-0.1, -0.05) is 18.2 Å². The lowest BCUT2D eigenvalue weighted by Gasteiger charge is -2.01. The fourth-order valence-electron chi connectivity index (χ4n) is 3.19. The number of rotatable bonds is 2. The fraction of sp³-hybridized carbons (Fsp3) is 0. The van der Waals surface area contributed by atoms with E-state index in [0.717, 1.165) is 32.3 Å². The van der Waals surface area contributed by atoms with Crippen LogP contribution in [-0.2, 0) is 0 Å². The van der Waals surface area contributed by atoms with Gasteiger partial charge in [0, 0.05) is 45.0 Å². The maximum absolute atomic E-state index is 12.0. The van der Waals surface area contributed by atoms with E-state index in [0.29, 0.717) is 16.7 Å². The van der Waals surface area contributed by atoms with Crippen LogP contribution in [-0.4, -0.2) is 6.21 Å². The molecule has 0 spiro atoms. The van der Waals surface area contributed by atoms with Crippen molar-refractivity contribution < 1.29 is 8.83 Å². The summed E-state index contributed by atoms with van der Waals surface area (Å²) in [4.78, 5) is 17.3. The maximum Gasteiger partial charge on any atom is 0.336 e. The van der Waals surface area contributed by atoms with E-state index < -0.39 is 5.63 Å². The van der Waals surface area contributed by atoms with Crippen molar-refractivity contribution in [2.75, 3.05) is 0 Å². The topological polar surface area (TPSA) is 55.7 Å². The first-order valence-electron chi connectivity index (χ1n) is 8.40. The van der Waals surface area contributed by atoms with Crippen LogP contribution in [0.2, 0.25) is 0 Å². The van der Waals surface area contributed by atoms with Crippen LogP contribution in [0.5, 0.6) is 0 Å². The van der Waals surface area contributed by atoms with Crippen molar-refractivity contribution in [3.63, 3.8) is 0 Å². The molecule has 0 aliphatic carbocycles. The van der Waals surface area contributed by atoms with Crippen molar-refractivity contribution in [1.29, 1.82) is 0 Å². The average Bonchev–Trinajstić information content (AvgIpc) is 3.03. The highest BCUT2D eigenvalue weighted by atomic mass is 32.1. The second-order valence-electron chi connectivity index (χ2n) is 6.24. The van der Waals surface area contributed by atoms with Crippen molar-refractivity contribution in [3.8, 4) is 0 Å². The van der Waals surface area contributed by atoms with Crippen LogP contribution < -0.4 is 5.63 Å². The zero-order valence-corrected chi connectivity index (χ0v) is 14.9. The number of aliphatic imine (C=N–C) groups is 1. The van der Waals surface area contributed by atoms with Gasteiger partial charge in [-0.05, 0) is 36.4 Å². The minimum atomic E-state index is -0.426. The van der Waals surface area contributed by atoms with E-state index >= 15 is 0 Å². The van der Waals surface area contributed by atoms with Gasteiger partial charge >= 0.3 is 5.63 Å². The SMILES string of the molecule is O=c1cc(C=Nc2ccc(S)cc2)c2cc3c(cc2o1)oc1ccccc13. The summed E-state index contributed by atoms with van der Waals surface area (Å²) < 4.78 is 11.3. The highest BCUT2D eigenvalue weighted by molar-refractivity contribution is 7.80. The Morgan fingerprint density at radius 3 is 2.41 bits per heavy atom. The Labute approximate surface area is 159 Å². The predicted molar refractivity (Wildman–Crippen MR) is 111 cm³/mol. The highest BCUT2D eigenvalue weighted by Crippen LogP contribution is 2.32. The molecule has 5 rings (SSSR count). The summed E-state index contributed by atoms with van der Waals surface area (Å²) in [5.74, 6) is 0. The highest BCUT2D eigenvalue weighted by Gasteiger charge is 2.11. The van der Waals surface area contributed by atoms with Crippen LogP contribution in [0, 0.1) is 0 Å². The Kier molecular flexibility index (Phi) is 3.62. The molecule has 4 nitrogen and oxygen atoms in total. The summed E-state index contributed by atoms with van der Waals surface area (Å²) in [5.41, 5.74) is 3.01. The fourth-order valence-corrected chi connectivity index (χ4v) is 3.34. The van der Waals surface area contributed by atoms with E-state index in [4.69, 9.17) is 8.83 Å². The quantitative estimate of drug-likeness (QED) is 0.245. The first kappa shape index (κ1) is 15.9. The third-order valence-electron chi connectivity index (χ3n) is 4.48. The molecule has 5 aromatic rings. The smallest absolute Gasteiger partial charge is 0.336 e. The molecular weight excluding hydrogens is 358 g/mol. The molecule has 0 aliphatic rings. The first-order valence-corrected chi connectivity index (χ1v) is 8.84. The van der Waals surface area contributed by atoms with Crippen molar-refractivity contribution >= 4 is 57.4 Å². The van der Waals surface area contributed by atoms with E-state index in [1.807, 2.05) is 54.6 Å². The molecule has 3 aromatic carbocycles. The Bertz CT molecular complexity index is 1390. The van der Waals surface area contributed by atoms with Gasteiger partial charge in [0.25, 0.3) is 0 Å². The van der Waals surface area contributed by atoms with E-state index in [9.17, 15) is 4.79 Å². The average molecular weight is 371 g/mol. The predicted octanol–water partition coefficient (Wildman–Crippen LogP) is 5.73. The normalized spacial score (nSPS) is 11.9.